The smallest absolute Gasteiger partial charge is 0.410 e. The van der Waals surface area contributed by atoms with Crippen molar-refractivity contribution in [1.82, 2.24) is 18.4 Å². The molecule has 2 N–H and O–H groups in total. The van der Waals surface area contributed by atoms with Crippen LogP contribution in [0.15, 0.2) is 81.2 Å². The van der Waals surface area contributed by atoms with Crippen LogP contribution in [-0.4, -0.2) is 132 Å². The first-order chi connectivity index (χ1) is 25.5. The summed E-state index contributed by atoms with van der Waals surface area (Å²) in [7, 11) is -7.97. The van der Waals surface area contributed by atoms with Crippen molar-refractivity contribution in [1.29, 1.82) is 0 Å². The molecule has 3 aromatic rings. The maximum atomic E-state index is 13.2. The predicted octanol–water partition coefficient (Wildman–Crippen LogP) is 4.91. The van der Waals surface area contributed by atoms with Crippen LogP contribution in [-0.2, 0) is 39.1 Å². The first-order valence-electron chi connectivity index (χ1n) is 17.2. The van der Waals surface area contributed by atoms with Gasteiger partial charge in [0.2, 0.25) is 10.0 Å². The van der Waals surface area contributed by atoms with Gasteiger partial charge in [-0.25, -0.2) is 26.4 Å². The summed E-state index contributed by atoms with van der Waals surface area (Å²) in [5.41, 5.74) is 0.347. The van der Waals surface area contributed by atoms with E-state index in [9.17, 15) is 46.2 Å². The second-order valence-corrected chi connectivity index (χ2v) is 19.6. The number of halogens is 1. The van der Waals surface area contributed by atoms with Crippen molar-refractivity contribution in [3.05, 3.63) is 72.1 Å². The molecule has 0 aliphatic carbocycles. The molecule has 0 radical (unpaired) electrons. The normalized spacial score (nSPS) is 18.5. The molecule has 2 aromatic carbocycles. The van der Waals surface area contributed by atoms with Gasteiger partial charge in [-0.05, 0) is 76.2 Å². The molecule has 16 nitrogen and oxygen atoms in total. The number of carbonyl (C=O) groups is 4. The standard InChI is InChI=1S/C22H26N2O6S.C14H20N2O6S2.ClH/c1-22(2,3)30-21(27)23-13-14-24(19(15-23)20(25)26)31(28,29)18-11-9-17(10-12-18)16-7-5-4-6-8-16;1-14(2,3)22-13(19)15-6-7-16(10(9-15)12(17)18)24(20,21)11-5-4-8-23-11;/h4-12,19H,13-15H2,1-3H3,(H,25,26);4-5,8,10H,6-7,9H2,1-3H3,(H,17,18);1H. The minimum Gasteiger partial charge on any atom is -0.480 e. The zero-order valence-corrected chi connectivity index (χ0v) is 35.0. The average molecular weight is 859 g/mol. The number of piperazine rings is 2. The third kappa shape index (κ3) is 11.6. The fourth-order valence-electron chi connectivity index (χ4n) is 5.61. The van der Waals surface area contributed by atoms with Gasteiger partial charge in [0.15, 0.2) is 0 Å². The Balaban J connectivity index is 0.000000305. The topological polar surface area (TPSA) is 208 Å². The highest BCUT2D eigenvalue weighted by atomic mass is 35.5. The van der Waals surface area contributed by atoms with Crippen LogP contribution in [0.4, 0.5) is 9.59 Å². The van der Waals surface area contributed by atoms with Gasteiger partial charge in [-0.1, -0.05) is 48.5 Å². The largest absolute Gasteiger partial charge is 0.480 e. The lowest BCUT2D eigenvalue weighted by Crippen LogP contribution is -2.59. The van der Waals surface area contributed by atoms with Crippen LogP contribution in [0, 0.1) is 0 Å². The van der Waals surface area contributed by atoms with Crippen molar-refractivity contribution in [2.24, 2.45) is 0 Å². The highest BCUT2D eigenvalue weighted by molar-refractivity contribution is 7.91. The Hall–Kier alpha value is -4.27. The van der Waals surface area contributed by atoms with Gasteiger partial charge < -0.3 is 29.5 Å². The van der Waals surface area contributed by atoms with E-state index in [2.05, 4.69) is 0 Å². The molecule has 2 atom stereocenters. The van der Waals surface area contributed by atoms with Crippen molar-refractivity contribution in [3.63, 3.8) is 0 Å². The number of hydrogen-bond acceptors (Lipinski definition) is 11. The molecular weight excluding hydrogens is 812 g/mol. The van der Waals surface area contributed by atoms with Crippen LogP contribution in [0.3, 0.4) is 0 Å². The van der Waals surface area contributed by atoms with E-state index in [4.69, 9.17) is 9.47 Å². The van der Waals surface area contributed by atoms with Gasteiger partial charge in [-0.3, -0.25) is 9.59 Å². The number of amides is 2. The summed E-state index contributed by atoms with van der Waals surface area (Å²) in [4.78, 5) is 50.3. The van der Waals surface area contributed by atoms with E-state index in [0.717, 1.165) is 31.1 Å². The number of aliphatic carboxylic acids is 2. The highest BCUT2D eigenvalue weighted by Crippen LogP contribution is 2.28. The molecular formula is C36H47ClN4O12S3. The van der Waals surface area contributed by atoms with E-state index >= 15 is 0 Å². The molecule has 0 spiro atoms. The fraction of sp³-hybridized carbons (Fsp3) is 0.444. The van der Waals surface area contributed by atoms with Crippen LogP contribution < -0.4 is 0 Å². The number of carboxylic acid groups (broad SMARTS) is 2. The Kier molecular flexibility index (Phi) is 15.1. The van der Waals surface area contributed by atoms with Gasteiger partial charge in [0, 0.05) is 26.2 Å². The molecule has 56 heavy (non-hydrogen) atoms. The van der Waals surface area contributed by atoms with Crippen molar-refractivity contribution in [3.8, 4) is 11.1 Å². The summed E-state index contributed by atoms with van der Waals surface area (Å²) in [5, 5.41) is 20.7. The van der Waals surface area contributed by atoms with E-state index in [1.165, 1.54) is 28.0 Å². The lowest BCUT2D eigenvalue weighted by atomic mass is 10.1. The lowest BCUT2D eigenvalue weighted by molar-refractivity contribution is -0.144. The van der Waals surface area contributed by atoms with Gasteiger partial charge in [0.25, 0.3) is 10.0 Å². The minimum absolute atomic E-state index is 0. The molecule has 2 aliphatic heterocycles. The molecule has 2 unspecified atom stereocenters. The van der Waals surface area contributed by atoms with Crippen molar-refractivity contribution < 1.29 is 55.7 Å². The van der Waals surface area contributed by atoms with E-state index in [1.54, 1.807) is 65.1 Å². The summed E-state index contributed by atoms with van der Waals surface area (Å²) in [6.45, 7) is 9.57. The van der Waals surface area contributed by atoms with Crippen molar-refractivity contribution in [2.45, 2.75) is 73.9 Å². The maximum Gasteiger partial charge on any atom is 0.410 e. The molecule has 20 heteroatoms. The zero-order chi connectivity index (χ0) is 40.9. The van der Waals surface area contributed by atoms with Crippen LogP contribution >= 0.6 is 23.7 Å². The number of benzene rings is 2. The van der Waals surface area contributed by atoms with Gasteiger partial charge in [-0.15, -0.1) is 23.7 Å². The van der Waals surface area contributed by atoms with Crippen LogP contribution in [0.2, 0.25) is 0 Å². The molecule has 2 amide bonds. The first kappa shape index (κ1) is 46.1. The molecule has 2 fully saturated rings. The molecule has 0 saturated carbocycles. The van der Waals surface area contributed by atoms with Crippen molar-refractivity contribution in [2.75, 3.05) is 39.3 Å². The summed E-state index contributed by atoms with van der Waals surface area (Å²) >= 11 is 1.02. The zero-order valence-electron chi connectivity index (χ0n) is 31.7. The Morgan fingerprint density at radius 1 is 0.625 bits per heavy atom. The number of thiophene rings is 1. The maximum absolute atomic E-state index is 13.2. The van der Waals surface area contributed by atoms with E-state index in [1.807, 2.05) is 30.3 Å². The van der Waals surface area contributed by atoms with Crippen LogP contribution in [0.25, 0.3) is 11.1 Å². The lowest BCUT2D eigenvalue weighted by Gasteiger charge is -2.38. The molecule has 0 bridgehead atoms. The number of carbonyl (C=O) groups excluding carboxylic acids is 2. The number of carboxylic acids is 2. The SMILES string of the molecule is CC(C)(C)OC(=O)N1CCN(S(=O)(=O)c2ccc(-c3ccccc3)cc2)C(C(=O)O)C1.CC(C)(C)OC(=O)N1CCN(S(=O)(=O)c2cccs2)C(C(=O)O)C1.Cl. The monoisotopic (exact) mass is 858 g/mol. The quantitative estimate of drug-likeness (QED) is 0.325. The molecule has 2 saturated heterocycles. The number of rotatable bonds is 7. The highest BCUT2D eigenvalue weighted by Gasteiger charge is 2.44. The average Bonchev–Trinajstić information content (AvgIpc) is 3.67. The Bertz CT molecular complexity index is 2050. The Morgan fingerprint density at radius 2 is 1.05 bits per heavy atom. The summed E-state index contributed by atoms with van der Waals surface area (Å²) in [5.74, 6) is -2.62. The van der Waals surface area contributed by atoms with E-state index < -0.39 is 67.5 Å². The predicted molar refractivity (Wildman–Crippen MR) is 210 cm³/mol. The Morgan fingerprint density at radius 3 is 1.45 bits per heavy atom. The molecule has 1 aromatic heterocycles. The summed E-state index contributed by atoms with van der Waals surface area (Å²) in [6.07, 6.45) is -1.31. The van der Waals surface area contributed by atoms with Gasteiger partial charge in [0.1, 0.15) is 27.5 Å². The van der Waals surface area contributed by atoms with Gasteiger partial charge >= 0.3 is 24.1 Å². The fourth-order valence-corrected chi connectivity index (χ4v) is 9.86. The second-order valence-electron chi connectivity index (χ2n) is 14.6. The van der Waals surface area contributed by atoms with Crippen molar-refractivity contribution >= 4 is 67.9 Å². The summed E-state index contributed by atoms with van der Waals surface area (Å²) < 4.78 is 64.1. The second kappa shape index (κ2) is 18.3. The molecule has 2 aliphatic rings. The number of hydrogen-bond donors (Lipinski definition) is 2. The van der Waals surface area contributed by atoms with E-state index in [0.29, 0.717) is 0 Å². The minimum atomic E-state index is -4.07. The summed E-state index contributed by atoms with van der Waals surface area (Å²) in [6, 6.07) is 16.1. The number of sulfonamides is 2. The van der Waals surface area contributed by atoms with Crippen LogP contribution in [0.1, 0.15) is 41.5 Å². The van der Waals surface area contributed by atoms with Gasteiger partial charge in [-0.2, -0.15) is 8.61 Å². The number of ether oxygens (including phenoxy) is 2. The third-order valence-electron chi connectivity index (χ3n) is 8.16. The third-order valence-corrected chi connectivity index (χ3v) is 13.4. The molecule has 3 heterocycles. The van der Waals surface area contributed by atoms with Gasteiger partial charge in [0.05, 0.1) is 18.0 Å². The Labute approximate surface area is 337 Å². The van der Waals surface area contributed by atoms with Crippen LogP contribution in [0.5, 0.6) is 0 Å². The number of nitrogens with zero attached hydrogens (tertiary/aromatic N) is 4. The molecule has 308 valence electrons. The first-order valence-corrected chi connectivity index (χ1v) is 20.9. The molecule has 5 rings (SSSR count). The van der Waals surface area contributed by atoms with E-state index in [-0.39, 0.29) is 60.8 Å².